The van der Waals surface area contributed by atoms with Gasteiger partial charge in [-0.1, -0.05) is 6.07 Å². The molecule has 2 rings (SSSR count). The van der Waals surface area contributed by atoms with E-state index in [9.17, 15) is 14.4 Å². The predicted molar refractivity (Wildman–Crippen MR) is 102 cm³/mol. The van der Waals surface area contributed by atoms with Gasteiger partial charge < -0.3 is 15.7 Å². The topological polar surface area (TPSA) is 113 Å². The lowest BCUT2D eigenvalue weighted by atomic mass is 9.99. The third-order valence-corrected chi connectivity index (χ3v) is 5.14. The average Bonchev–Trinajstić information content (AvgIpc) is 3.24. The van der Waals surface area contributed by atoms with Gasteiger partial charge in [0.2, 0.25) is 5.91 Å². The van der Waals surface area contributed by atoms with Gasteiger partial charge in [-0.3, -0.25) is 19.1 Å². The number of aliphatic carboxylic acids is 1. The molecule has 0 radical (unpaired) electrons. The number of aromatic nitrogens is 2. The van der Waals surface area contributed by atoms with Crippen LogP contribution in [-0.4, -0.2) is 45.8 Å². The van der Waals surface area contributed by atoms with Crippen molar-refractivity contribution in [2.75, 3.05) is 13.1 Å². The van der Waals surface area contributed by atoms with E-state index in [-0.39, 0.29) is 30.6 Å². The maximum atomic E-state index is 12.1. The molecule has 27 heavy (non-hydrogen) atoms. The third-order valence-electron chi connectivity index (χ3n) is 4.11. The van der Waals surface area contributed by atoms with Crippen LogP contribution in [0, 0.1) is 6.92 Å². The number of hydrogen-bond donors (Lipinski definition) is 3. The highest BCUT2D eigenvalue weighted by Gasteiger charge is 2.20. The van der Waals surface area contributed by atoms with Crippen molar-refractivity contribution in [3.8, 4) is 0 Å². The van der Waals surface area contributed by atoms with Crippen LogP contribution in [0.25, 0.3) is 0 Å². The first-order valence-electron chi connectivity index (χ1n) is 8.67. The lowest BCUT2D eigenvalue weighted by Crippen LogP contribution is -2.30. The summed E-state index contributed by atoms with van der Waals surface area (Å²) in [5.74, 6) is -1.69. The van der Waals surface area contributed by atoms with Crippen molar-refractivity contribution in [1.82, 2.24) is 20.4 Å². The fourth-order valence-electron chi connectivity index (χ4n) is 2.58. The van der Waals surface area contributed by atoms with Crippen LogP contribution in [0.5, 0.6) is 0 Å². The lowest BCUT2D eigenvalue weighted by Gasteiger charge is -2.13. The first-order valence-corrected chi connectivity index (χ1v) is 9.55. The zero-order valence-electron chi connectivity index (χ0n) is 15.4. The number of nitrogens with one attached hydrogen (secondary N) is 2. The van der Waals surface area contributed by atoms with Crippen molar-refractivity contribution in [3.05, 3.63) is 39.8 Å². The summed E-state index contributed by atoms with van der Waals surface area (Å²) in [5.41, 5.74) is 1.26. The quantitative estimate of drug-likeness (QED) is 0.532. The van der Waals surface area contributed by atoms with Gasteiger partial charge in [-0.15, -0.1) is 11.3 Å². The number of hydrogen-bond acceptors (Lipinski definition) is 5. The van der Waals surface area contributed by atoms with Crippen molar-refractivity contribution in [2.24, 2.45) is 7.05 Å². The number of carbonyl (C=O) groups excluding carboxylic acids is 2. The Labute approximate surface area is 161 Å². The van der Waals surface area contributed by atoms with E-state index in [1.54, 1.807) is 17.8 Å². The number of rotatable bonds is 10. The fraction of sp³-hybridized carbons (Fsp3) is 0.444. The average molecular weight is 392 g/mol. The molecule has 0 aliphatic heterocycles. The van der Waals surface area contributed by atoms with Crippen LogP contribution < -0.4 is 10.6 Å². The Bertz CT molecular complexity index is 766. The van der Waals surface area contributed by atoms with Crippen LogP contribution >= 0.6 is 11.3 Å². The van der Waals surface area contributed by atoms with E-state index in [2.05, 4.69) is 15.7 Å². The summed E-state index contributed by atoms with van der Waals surface area (Å²) in [4.78, 5) is 36.0. The molecule has 1 unspecified atom stereocenters. The molecule has 0 bridgehead atoms. The molecule has 0 fully saturated rings. The number of nitrogens with zero attached hydrogens (tertiary/aromatic N) is 2. The first-order chi connectivity index (χ1) is 12.9. The van der Waals surface area contributed by atoms with E-state index in [1.165, 1.54) is 11.3 Å². The molecule has 0 saturated heterocycles. The molecule has 0 saturated carbocycles. The second kappa shape index (κ2) is 9.86. The lowest BCUT2D eigenvalue weighted by molar-refractivity contribution is -0.137. The highest BCUT2D eigenvalue weighted by Crippen LogP contribution is 2.27. The number of carboxylic acids is 1. The van der Waals surface area contributed by atoms with Gasteiger partial charge in [0.25, 0.3) is 5.91 Å². The van der Waals surface area contributed by atoms with Crippen molar-refractivity contribution < 1.29 is 19.5 Å². The summed E-state index contributed by atoms with van der Waals surface area (Å²) in [6.07, 6.45) is 0.631. The highest BCUT2D eigenvalue weighted by molar-refractivity contribution is 7.10. The Kier molecular flexibility index (Phi) is 7.54. The van der Waals surface area contributed by atoms with Gasteiger partial charge in [-0.05, 0) is 30.9 Å². The van der Waals surface area contributed by atoms with Crippen molar-refractivity contribution in [3.63, 3.8) is 0 Å². The second-order valence-corrected chi connectivity index (χ2v) is 7.25. The largest absolute Gasteiger partial charge is 0.481 e. The third kappa shape index (κ3) is 6.52. The number of amides is 2. The fourth-order valence-corrected chi connectivity index (χ4v) is 3.41. The molecule has 1 atom stereocenters. The van der Waals surface area contributed by atoms with Gasteiger partial charge >= 0.3 is 5.97 Å². The van der Waals surface area contributed by atoms with Crippen LogP contribution in [0.3, 0.4) is 0 Å². The van der Waals surface area contributed by atoms with E-state index in [4.69, 9.17) is 5.11 Å². The minimum atomic E-state index is -0.923. The molecule has 8 nitrogen and oxygen atoms in total. The summed E-state index contributed by atoms with van der Waals surface area (Å²) in [6, 6.07) is 5.41. The van der Waals surface area contributed by atoms with Gasteiger partial charge in [-0.25, -0.2) is 0 Å². The molecule has 2 amide bonds. The zero-order chi connectivity index (χ0) is 19.8. The normalized spacial score (nSPS) is 11.8. The van der Waals surface area contributed by atoms with Gasteiger partial charge in [0, 0.05) is 43.0 Å². The minimum absolute atomic E-state index is 0.0759. The molecule has 0 spiro atoms. The molecule has 2 aromatic rings. The first kappa shape index (κ1) is 20.6. The van der Waals surface area contributed by atoms with Crippen molar-refractivity contribution >= 4 is 29.1 Å². The summed E-state index contributed by atoms with van der Waals surface area (Å²) in [7, 11) is 1.77. The molecule has 0 aromatic carbocycles. The number of carbonyl (C=O) groups is 3. The SMILES string of the molecule is Cc1cc(C(=O)NCCCNC(=O)CC(CC(=O)O)c2cccs2)nn1C. The number of carboxylic acid groups (broad SMARTS) is 1. The number of aryl methyl sites for hydroxylation is 2. The van der Waals surface area contributed by atoms with Gasteiger partial charge in [0.1, 0.15) is 5.69 Å². The van der Waals surface area contributed by atoms with Crippen molar-refractivity contribution in [2.45, 2.75) is 32.1 Å². The van der Waals surface area contributed by atoms with E-state index < -0.39 is 5.97 Å². The second-order valence-electron chi connectivity index (χ2n) is 6.27. The summed E-state index contributed by atoms with van der Waals surface area (Å²) in [6.45, 7) is 2.69. The monoisotopic (exact) mass is 392 g/mol. The summed E-state index contributed by atoms with van der Waals surface area (Å²) in [5, 5.41) is 20.5. The van der Waals surface area contributed by atoms with Crippen LogP contribution in [0.4, 0.5) is 0 Å². The van der Waals surface area contributed by atoms with Gasteiger partial charge in [0.15, 0.2) is 0 Å². The molecular formula is C18H24N4O4S. The molecule has 146 valence electrons. The molecule has 0 aliphatic carbocycles. The van der Waals surface area contributed by atoms with E-state index in [1.807, 2.05) is 24.4 Å². The van der Waals surface area contributed by atoms with Crippen LogP contribution in [0.15, 0.2) is 23.6 Å². The maximum absolute atomic E-state index is 12.1. The van der Waals surface area contributed by atoms with Gasteiger partial charge in [-0.2, -0.15) is 5.10 Å². The zero-order valence-corrected chi connectivity index (χ0v) is 16.2. The molecule has 3 N–H and O–H groups in total. The molecule has 0 aliphatic rings. The number of thiophene rings is 1. The maximum Gasteiger partial charge on any atom is 0.304 e. The molecular weight excluding hydrogens is 368 g/mol. The Hall–Kier alpha value is -2.68. The molecule has 2 heterocycles. The van der Waals surface area contributed by atoms with E-state index in [0.717, 1.165) is 10.6 Å². The van der Waals surface area contributed by atoms with Crippen LogP contribution in [0.2, 0.25) is 0 Å². The Morgan fingerprint density at radius 3 is 2.59 bits per heavy atom. The highest BCUT2D eigenvalue weighted by atomic mass is 32.1. The van der Waals surface area contributed by atoms with Crippen LogP contribution in [0.1, 0.15) is 46.2 Å². The minimum Gasteiger partial charge on any atom is -0.481 e. The van der Waals surface area contributed by atoms with Crippen molar-refractivity contribution in [1.29, 1.82) is 0 Å². The molecule has 9 heteroatoms. The van der Waals surface area contributed by atoms with E-state index >= 15 is 0 Å². The smallest absolute Gasteiger partial charge is 0.304 e. The molecule has 2 aromatic heterocycles. The summed E-state index contributed by atoms with van der Waals surface area (Å²) >= 11 is 1.45. The van der Waals surface area contributed by atoms with E-state index in [0.29, 0.717) is 25.2 Å². The van der Waals surface area contributed by atoms with Crippen LogP contribution in [-0.2, 0) is 16.6 Å². The Morgan fingerprint density at radius 1 is 1.26 bits per heavy atom. The summed E-state index contributed by atoms with van der Waals surface area (Å²) < 4.78 is 1.64. The predicted octanol–water partition coefficient (Wildman–Crippen LogP) is 1.67. The Morgan fingerprint density at radius 2 is 2.00 bits per heavy atom. The standard InChI is InChI=1S/C18H24N4O4S/c1-12-9-14(21-22(12)2)18(26)20-7-4-6-19-16(23)10-13(11-17(24)25)15-5-3-8-27-15/h3,5,8-9,13H,4,6-7,10-11H2,1-2H3,(H,19,23)(H,20,26)(H,24,25). The van der Waals surface area contributed by atoms with Gasteiger partial charge in [0.05, 0.1) is 6.42 Å². The Balaban J connectivity index is 1.69.